The number of carbonyl (C=O) groups excluding carboxylic acids is 2. The Morgan fingerprint density at radius 1 is 1.33 bits per heavy atom. The van der Waals surface area contributed by atoms with Crippen molar-refractivity contribution < 1.29 is 9.59 Å². The molecule has 0 bridgehead atoms. The van der Waals surface area contributed by atoms with Crippen molar-refractivity contribution in [3.8, 4) is 0 Å². The quantitative estimate of drug-likeness (QED) is 0.632. The Morgan fingerprint density at radius 2 is 2.00 bits per heavy atom. The van der Waals surface area contributed by atoms with Crippen LogP contribution in [0.4, 0.5) is 0 Å². The molecule has 1 aromatic rings. The maximum absolute atomic E-state index is 11.1. The van der Waals surface area contributed by atoms with Gasteiger partial charge in [0.1, 0.15) is 0 Å². The van der Waals surface area contributed by atoms with Crippen LogP contribution in [0.15, 0.2) is 22.7 Å². The van der Waals surface area contributed by atoms with E-state index >= 15 is 0 Å². The Hall–Kier alpha value is -0.380. The second-order valence-corrected chi connectivity index (χ2v) is 4.40. The molecule has 0 heterocycles. The lowest BCUT2D eigenvalue weighted by Gasteiger charge is -2.03. The van der Waals surface area contributed by atoms with E-state index in [9.17, 15) is 9.59 Å². The van der Waals surface area contributed by atoms with Gasteiger partial charge < -0.3 is 0 Å². The van der Waals surface area contributed by atoms with Crippen molar-refractivity contribution in [1.82, 2.24) is 0 Å². The van der Waals surface area contributed by atoms with Gasteiger partial charge in [-0.1, -0.05) is 6.07 Å². The van der Waals surface area contributed by atoms with E-state index in [1.165, 1.54) is 0 Å². The fourth-order valence-corrected chi connectivity index (χ4v) is 1.90. The van der Waals surface area contributed by atoms with E-state index < -0.39 is 5.24 Å². The minimum Gasteiger partial charge on any atom is -0.298 e. The Labute approximate surface area is 106 Å². The summed E-state index contributed by atoms with van der Waals surface area (Å²) in [5.74, 6) is -0.118. The van der Waals surface area contributed by atoms with Crippen LogP contribution >= 0.6 is 39.1 Å². The average Bonchev–Trinajstić information content (AvgIpc) is 2.20. The van der Waals surface area contributed by atoms with E-state index in [-0.39, 0.29) is 18.1 Å². The number of Topliss-reactive ketones (excluding diaryl/α,β-unsaturated/α-hetero) is 1. The smallest absolute Gasteiger partial charge is 0.253 e. The van der Waals surface area contributed by atoms with Gasteiger partial charge in [-0.15, -0.1) is 11.6 Å². The largest absolute Gasteiger partial charge is 0.298 e. The molecule has 0 atom stereocenters. The monoisotopic (exact) mass is 308 g/mol. The molecule has 0 saturated heterocycles. The fourth-order valence-electron chi connectivity index (χ4n) is 1.11. The van der Waals surface area contributed by atoms with Crippen molar-refractivity contribution in [2.75, 3.05) is 5.88 Å². The fraction of sp³-hybridized carbons (Fsp3) is 0.200. The van der Waals surface area contributed by atoms with Crippen LogP contribution in [0.5, 0.6) is 0 Å². The van der Waals surface area contributed by atoms with Crippen LogP contribution in [0.3, 0.4) is 0 Å². The maximum Gasteiger partial charge on any atom is 0.253 e. The van der Waals surface area contributed by atoms with Gasteiger partial charge >= 0.3 is 0 Å². The first kappa shape index (κ1) is 12.7. The van der Waals surface area contributed by atoms with Gasteiger partial charge in [0.25, 0.3) is 5.24 Å². The summed E-state index contributed by atoms with van der Waals surface area (Å²) < 4.78 is 0.615. The number of alkyl halides is 1. The molecule has 2 nitrogen and oxygen atoms in total. The molecular weight excluding hydrogens is 303 g/mol. The van der Waals surface area contributed by atoms with Crippen molar-refractivity contribution in [1.29, 1.82) is 0 Å². The number of rotatable bonds is 4. The number of hydrogen-bond acceptors (Lipinski definition) is 2. The Balaban J connectivity index is 2.97. The van der Waals surface area contributed by atoms with E-state index in [0.29, 0.717) is 10.0 Å². The van der Waals surface area contributed by atoms with Crippen LogP contribution in [-0.2, 0) is 11.2 Å². The molecule has 5 heteroatoms. The molecule has 0 spiro atoms. The molecule has 0 fully saturated rings. The summed E-state index contributed by atoms with van der Waals surface area (Å²) in [6.07, 6.45) is 0.216. The minimum atomic E-state index is -0.554. The molecule has 0 saturated carbocycles. The van der Waals surface area contributed by atoms with E-state index in [1.54, 1.807) is 18.2 Å². The van der Waals surface area contributed by atoms with Crippen molar-refractivity contribution in [2.45, 2.75) is 6.42 Å². The summed E-state index contributed by atoms with van der Waals surface area (Å²) in [5, 5.41) is -0.554. The summed E-state index contributed by atoms with van der Waals surface area (Å²) >= 11 is 14.0. The minimum absolute atomic E-state index is 0.0276. The zero-order valence-electron chi connectivity index (χ0n) is 7.60. The van der Waals surface area contributed by atoms with Gasteiger partial charge in [-0.3, -0.25) is 9.59 Å². The van der Waals surface area contributed by atoms with Crippen LogP contribution in [-0.4, -0.2) is 16.9 Å². The standard InChI is InChI=1S/C10H7BrCl2O2/c11-9-2-1-6(3-7(14)5-12)4-8(9)10(13)15/h1-2,4H,3,5H2. The summed E-state index contributed by atoms with van der Waals surface area (Å²) in [7, 11) is 0. The topological polar surface area (TPSA) is 34.1 Å². The van der Waals surface area contributed by atoms with Crippen LogP contribution in [0.25, 0.3) is 0 Å². The second kappa shape index (κ2) is 5.64. The second-order valence-electron chi connectivity index (χ2n) is 2.94. The molecule has 0 radical (unpaired) electrons. The highest BCUT2D eigenvalue weighted by molar-refractivity contribution is 9.10. The first-order valence-electron chi connectivity index (χ1n) is 4.10. The van der Waals surface area contributed by atoms with E-state index in [2.05, 4.69) is 15.9 Å². The van der Waals surface area contributed by atoms with E-state index in [1.807, 2.05) is 0 Å². The average molecular weight is 310 g/mol. The van der Waals surface area contributed by atoms with Gasteiger partial charge in [-0.25, -0.2) is 0 Å². The molecule has 1 rings (SSSR count). The lowest BCUT2D eigenvalue weighted by atomic mass is 10.1. The first-order valence-corrected chi connectivity index (χ1v) is 5.81. The van der Waals surface area contributed by atoms with E-state index in [4.69, 9.17) is 23.2 Å². The highest BCUT2D eigenvalue weighted by Crippen LogP contribution is 2.20. The molecule has 1 aromatic carbocycles. The molecule has 80 valence electrons. The third kappa shape index (κ3) is 3.59. The highest BCUT2D eigenvalue weighted by Gasteiger charge is 2.09. The first-order chi connectivity index (χ1) is 7.04. The molecule has 0 aliphatic carbocycles. The zero-order chi connectivity index (χ0) is 11.4. The molecule has 0 amide bonds. The molecule has 0 aromatic heterocycles. The zero-order valence-corrected chi connectivity index (χ0v) is 10.7. The van der Waals surface area contributed by atoms with Crippen molar-refractivity contribution in [2.24, 2.45) is 0 Å². The van der Waals surface area contributed by atoms with Gasteiger partial charge in [-0.2, -0.15) is 0 Å². The normalized spacial score (nSPS) is 10.1. The Bertz CT molecular complexity index is 404. The predicted molar refractivity (Wildman–Crippen MR) is 63.8 cm³/mol. The third-order valence-corrected chi connectivity index (χ3v) is 2.99. The summed E-state index contributed by atoms with van der Waals surface area (Å²) in [6, 6.07) is 5.02. The number of halogens is 3. The van der Waals surface area contributed by atoms with Crippen LogP contribution in [0, 0.1) is 0 Å². The number of benzene rings is 1. The van der Waals surface area contributed by atoms with E-state index in [0.717, 1.165) is 5.56 Å². The van der Waals surface area contributed by atoms with Crippen LogP contribution in [0.2, 0.25) is 0 Å². The van der Waals surface area contributed by atoms with Crippen molar-refractivity contribution in [3.05, 3.63) is 33.8 Å². The highest BCUT2D eigenvalue weighted by atomic mass is 79.9. The lowest BCUT2D eigenvalue weighted by molar-refractivity contribution is -0.116. The maximum atomic E-state index is 11.1. The van der Waals surface area contributed by atoms with Gasteiger partial charge in [0, 0.05) is 16.5 Å². The van der Waals surface area contributed by atoms with Gasteiger partial charge in [0.05, 0.1) is 5.88 Å². The SMILES string of the molecule is O=C(CCl)Cc1ccc(Br)c(C(=O)Cl)c1. The van der Waals surface area contributed by atoms with Gasteiger partial charge in [0.15, 0.2) is 5.78 Å². The molecule has 0 N–H and O–H groups in total. The Morgan fingerprint density at radius 3 is 2.53 bits per heavy atom. The summed E-state index contributed by atoms with van der Waals surface area (Å²) in [6.45, 7) is 0. The van der Waals surface area contributed by atoms with Crippen LogP contribution in [0.1, 0.15) is 15.9 Å². The van der Waals surface area contributed by atoms with Crippen molar-refractivity contribution in [3.63, 3.8) is 0 Å². The van der Waals surface area contributed by atoms with Crippen LogP contribution < -0.4 is 0 Å². The molecular formula is C10H7BrCl2O2. The molecule has 0 aliphatic heterocycles. The summed E-state index contributed by atoms with van der Waals surface area (Å²) in [5.41, 5.74) is 1.09. The molecule has 0 unspecified atom stereocenters. The summed E-state index contributed by atoms with van der Waals surface area (Å²) in [4.78, 5) is 22.1. The van der Waals surface area contributed by atoms with Gasteiger partial charge in [0.2, 0.25) is 0 Å². The molecule has 0 aliphatic rings. The molecule has 15 heavy (non-hydrogen) atoms. The number of hydrogen-bond donors (Lipinski definition) is 0. The van der Waals surface area contributed by atoms with Crippen molar-refractivity contribution >= 4 is 50.2 Å². The number of carbonyl (C=O) groups is 2. The lowest BCUT2D eigenvalue weighted by Crippen LogP contribution is -2.04. The third-order valence-electron chi connectivity index (χ3n) is 1.79. The number of ketones is 1. The predicted octanol–water partition coefficient (Wildman–Crippen LogP) is 3.18. The van der Waals surface area contributed by atoms with Gasteiger partial charge in [-0.05, 0) is 45.2 Å². The Kier molecular flexibility index (Phi) is 4.77.